The highest BCUT2D eigenvalue weighted by atomic mass is 32.2. The van der Waals surface area contributed by atoms with Gasteiger partial charge < -0.3 is 10.5 Å². The van der Waals surface area contributed by atoms with Gasteiger partial charge in [-0.3, -0.25) is 4.68 Å². The lowest BCUT2D eigenvalue weighted by Gasteiger charge is -2.00. The maximum atomic E-state index is 11.4. The van der Waals surface area contributed by atoms with Crippen molar-refractivity contribution in [1.82, 2.24) is 9.78 Å². The fourth-order valence-corrected chi connectivity index (χ4v) is 2.05. The summed E-state index contributed by atoms with van der Waals surface area (Å²) in [5.74, 6) is -0.501. The molecule has 0 aliphatic heterocycles. The van der Waals surface area contributed by atoms with E-state index in [2.05, 4.69) is 5.10 Å². The van der Waals surface area contributed by atoms with Crippen LogP contribution in [0.4, 0.5) is 5.69 Å². The molecule has 0 fully saturated rings. The van der Waals surface area contributed by atoms with Crippen LogP contribution in [0.2, 0.25) is 0 Å². The fourth-order valence-electron chi connectivity index (χ4n) is 1.40. The molecule has 0 saturated heterocycles. The standard InChI is InChI=1S/C10H17N3O4S/c1-3-17-10(14)9-8(11)7-13(12-9)5-4-6-18(2,15)16/h7H,3-6,11H2,1-2H3. The van der Waals surface area contributed by atoms with E-state index >= 15 is 0 Å². The molecule has 0 radical (unpaired) electrons. The van der Waals surface area contributed by atoms with Crippen molar-refractivity contribution in [2.75, 3.05) is 24.3 Å². The van der Waals surface area contributed by atoms with E-state index in [4.69, 9.17) is 10.5 Å². The summed E-state index contributed by atoms with van der Waals surface area (Å²) in [6, 6.07) is 0. The number of carbonyl (C=O) groups is 1. The van der Waals surface area contributed by atoms with Crippen LogP contribution in [0.15, 0.2) is 6.20 Å². The van der Waals surface area contributed by atoms with E-state index in [1.54, 1.807) is 6.92 Å². The van der Waals surface area contributed by atoms with Crippen LogP contribution in [0.1, 0.15) is 23.8 Å². The molecule has 1 rings (SSSR count). The normalized spacial score (nSPS) is 11.4. The first kappa shape index (κ1) is 14.5. The van der Waals surface area contributed by atoms with Crippen LogP contribution >= 0.6 is 0 Å². The zero-order chi connectivity index (χ0) is 13.8. The Labute approximate surface area is 106 Å². The molecule has 0 aliphatic carbocycles. The molecule has 0 aromatic carbocycles. The summed E-state index contributed by atoms with van der Waals surface area (Å²) in [6.07, 6.45) is 3.09. The Hall–Kier alpha value is -1.57. The molecule has 0 aliphatic rings. The van der Waals surface area contributed by atoms with Crippen LogP contribution in [0.25, 0.3) is 0 Å². The predicted octanol–water partition coefficient (Wildman–Crippen LogP) is 0.0767. The minimum atomic E-state index is -2.99. The van der Waals surface area contributed by atoms with Crippen molar-refractivity contribution >= 4 is 21.5 Å². The van der Waals surface area contributed by atoms with Crippen LogP contribution in [0, 0.1) is 0 Å². The zero-order valence-corrected chi connectivity index (χ0v) is 11.2. The molecule has 18 heavy (non-hydrogen) atoms. The zero-order valence-electron chi connectivity index (χ0n) is 10.4. The van der Waals surface area contributed by atoms with E-state index in [0.717, 1.165) is 0 Å². The van der Waals surface area contributed by atoms with E-state index in [9.17, 15) is 13.2 Å². The number of hydrogen-bond donors (Lipinski definition) is 1. The van der Waals surface area contributed by atoms with Crippen LogP contribution in [-0.4, -0.2) is 42.8 Å². The van der Waals surface area contributed by atoms with Gasteiger partial charge in [0.05, 0.1) is 18.0 Å². The molecule has 1 aromatic heterocycles. The van der Waals surface area contributed by atoms with Crippen molar-refractivity contribution in [2.24, 2.45) is 0 Å². The summed E-state index contributed by atoms with van der Waals surface area (Å²) < 4.78 is 28.2. The minimum Gasteiger partial charge on any atom is -0.461 e. The molecule has 2 N–H and O–H groups in total. The molecular weight excluding hydrogens is 258 g/mol. The maximum absolute atomic E-state index is 11.4. The van der Waals surface area contributed by atoms with E-state index in [-0.39, 0.29) is 23.7 Å². The molecular formula is C10H17N3O4S. The van der Waals surface area contributed by atoms with E-state index in [0.29, 0.717) is 13.0 Å². The molecule has 1 heterocycles. The second kappa shape index (κ2) is 5.85. The number of anilines is 1. The first-order valence-corrected chi connectivity index (χ1v) is 7.57. The summed E-state index contributed by atoms with van der Waals surface area (Å²) in [7, 11) is -2.99. The molecule has 0 unspecified atom stereocenters. The quantitative estimate of drug-likeness (QED) is 0.737. The first-order valence-electron chi connectivity index (χ1n) is 5.51. The van der Waals surface area contributed by atoms with E-state index in [1.165, 1.54) is 17.1 Å². The topological polar surface area (TPSA) is 104 Å². The number of nitrogen functional groups attached to an aromatic ring is 1. The number of hydrogen-bond acceptors (Lipinski definition) is 6. The third kappa shape index (κ3) is 4.36. The number of ether oxygens (including phenoxy) is 1. The number of esters is 1. The molecule has 102 valence electrons. The van der Waals surface area contributed by atoms with Crippen LogP contribution < -0.4 is 5.73 Å². The summed E-state index contributed by atoms with van der Waals surface area (Å²) in [4.78, 5) is 11.4. The number of nitrogens with two attached hydrogens (primary N) is 1. The average Bonchev–Trinajstić information content (AvgIpc) is 2.58. The molecule has 7 nitrogen and oxygen atoms in total. The summed E-state index contributed by atoms with van der Waals surface area (Å²) >= 11 is 0. The summed E-state index contributed by atoms with van der Waals surface area (Å²) in [6.45, 7) is 2.33. The highest BCUT2D eigenvalue weighted by Gasteiger charge is 2.15. The van der Waals surface area contributed by atoms with Gasteiger partial charge >= 0.3 is 5.97 Å². The number of nitrogens with zero attached hydrogens (tertiary/aromatic N) is 2. The lowest BCUT2D eigenvalue weighted by molar-refractivity contribution is 0.0519. The Bertz CT molecular complexity index is 521. The molecule has 0 spiro atoms. The molecule has 0 saturated carbocycles. The van der Waals surface area contributed by atoms with Gasteiger partial charge in [0.2, 0.25) is 0 Å². The van der Waals surface area contributed by atoms with Gasteiger partial charge in [-0.2, -0.15) is 5.10 Å². The van der Waals surface area contributed by atoms with Crippen LogP contribution in [-0.2, 0) is 21.1 Å². The maximum Gasteiger partial charge on any atom is 0.361 e. The van der Waals surface area contributed by atoms with Gasteiger partial charge in [-0.05, 0) is 13.3 Å². The van der Waals surface area contributed by atoms with Gasteiger partial charge in [0.1, 0.15) is 9.84 Å². The Kier molecular flexibility index (Phi) is 4.71. The number of sulfone groups is 1. The third-order valence-electron chi connectivity index (χ3n) is 2.16. The van der Waals surface area contributed by atoms with Crippen molar-refractivity contribution in [3.63, 3.8) is 0 Å². The minimum absolute atomic E-state index is 0.0659. The van der Waals surface area contributed by atoms with Gasteiger partial charge in [0.15, 0.2) is 5.69 Å². The van der Waals surface area contributed by atoms with Crippen LogP contribution in [0.3, 0.4) is 0 Å². The van der Waals surface area contributed by atoms with Crippen molar-refractivity contribution in [3.8, 4) is 0 Å². The number of rotatable bonds is 6. The number of carbonyl (C=O) groups excluding carboxylic acids is 1. The molecule has 0 atom stereocenters. The van der Waals surface area contributed by atoms with Crippen molar-refractivity contribution in [2.45, 2.75) is 19.9 Å². The Morgan fingerprint density at radius 3 is 2.78 bits per heavy atom. The van der Waals surface area contributed by atoms with Crippen LogP contribution in [0.5, 0.6) is 0 Å². The Morgan fingerprint density at radius 2 is 2.22 bits per heavy atom. The molecule has 1 aromatic rings. The van der Waals surface area contributed by atoms with Crippen molar-refractivity contribution < 1.29 is 17.9 Å². The lowest BCUT2D eigenvalue weighted by atomic mass is 10.4. The smallest absolute Gasteiger partial charge is 0.361 e. The Balaban J connectivity index is 2.64. The number of aryl methyl sites for hydroxylation is 1. The largest absolute Gasteiger partial charge is 0.461 e. The summed E-state index contributed by atoms with van der Waals surface area (Å²) in [5.41, 5.74) is 5.92. The van der Waals surface area contributed by atoms with Gasteiger partial charge in [-0.1, -0.05) is 0 Å². The van der Waals surface area contributed by atoms with Crippen molar-refractivity contribution in [3.05, 3.63) is 11.9 Å². The van der Waals surface area contributed by atoms with Gasteiger partial charge in [-0.25, -0.2) is 13.2 Å². The van der Waals surface area contributed by atoms with Gasteiger partial charge in [0.25, 0.3) is 0 Å². The first-order chi connectivity index (χ1) is 8.33. The Morgan fingerprint density at radius 1 is 1.56 bits per heavy atom. The predicted molar refractivity (Wildman–Crippen MR) is 66.9 cm³/mol. The highest BCUT2D eigenvalue weighted by Crippen LogP contribution is 2.11. The summed E-state index contributed by atoms with van der Waals surface area (Å²) in [5, 5.41) is 3.97. The average molecular weight is 275 g/mol. The number of aromatic nitrogens is 2. The monoisotopic (exact) mass is 275 g/mol. The molecule has 8 heteroatoms. The van der Waals surface area contributed by atoms with Crippen molar-refractivity contribution in [1.29, 1.82) is 0 Å². The molecule has 0 amide bonds. The van der Waals surface area contributed by atoms with Gasteiger partial charge in [-0.15, -0.1) is 0 Å². The molecule has 0 bridgehead atoms. The lowest BCUT2D eigenvalue weighted by Crippen LogP contribution is -2.10. The second-order valence-corrected chi connectivity index (χ2v) is 6.16. The highest BCUT2D eigenvalue weighted by molar-refractivity contribution is 7.90. The van der Waals surface area contributed by atoms with Gasteiger partial charge in [0, 0.05) is 19.0 Å². The SMILES string of the molecule is CCOC(=O)c1nn(CCCS(C)(=O)=O)cc1N. The van der Waals surface area contributed by atoms with E-state index in [1.807, 2.05) is 0 Å². The second-order valence-electron chi connectivity index (χ2n) is 3.90. The van der Waals surface area contributed by atoms with E-state index < -0.39 is 15.8 Å². The fraction of sp³-hybridized carbons (Fsp3) is 0.600. The third-order valence-corrected chi connectivity index (χ3v) is 3.19.